The number of amides is 1. The van der Waals surface area contributed by atoms with Crippen LogP contribution in [0.15, 0.2) is 30.3 Å². The number of fused-ring (bicyclic) bond motifs is 1. The average molecular weight is 434 g/mol. The van der Waals surface area contributed by atoms with Crippen molar-refractivity contribution in [3.63, 3.8) is 0 Å². The molecule has 0 aliphatic carbocycles. The van der Waals surface area contributed by atoms with Gasteiger partial charge < -0.3 is 14.2 Å². The predicted molar refractivity (Wildman–Crippen MR) is 110 cm³/mol. The Morgan fingerprint density at radius 1 is 1.20 bits per heavy atom. The summed E-state index contributed by atoms with van der Waals surface area (Å²) in [5.74, 6) is -1.42. The van der Waals surface area contributed by atoms with Crippen molar-refractivity contribution in [1.82, 2.24) is 4.98 Å². The first kappa shape index (κ1) is 20.5. The van der Waals surface area contributed by atoms with Crippen molar-refractivity contribution >= 4 is 32.6 Å². The summed E-state index contributed by atoms with van der Waals surface area (Å²) in [6.07, 6.45) is 1.55. The fraction of sp³-hybridized carbons (Fsp3) is 0.333. The zero-order valence-corrected chi connectivity index (χ0v) is 17.3. The van der Waals surface area contributed by atoms with Crippen LogP contribution in [0, 0.1) is 11.6 Å². The normalized spacial score (nSPS) is 16.1. The second-order valence-electron chi connectivity index (χ2n) is 6.82. The summed E-state index contributed by atoms with van der Waals surface area (Å²) in [6, 6.07) is 6.61. The SMILES string of the molecule is COc1ccc(OC)c2sc(N(CC3CCCO3)C(=O)c3ccc(F)c(F)c3)nc12. The van der Waals surface area contributed by atoms with Crippen LogP contribution in [0.2, 0.25) is 0 Å². The van der Waals surface area contributed by atoms with E-state index in [0.29, 0.717) is 28.8 Å². The lowest BCUT2D eigenvalue weighted by Gasteiger charge is -2.23. The number of aromatic nitrogens is 1. The molecular formula is C21H20F2N2O4S. The number of rotatable bonds is 6. The molecule has 1 aromatic heterocycles. The highest BCUT2D eigenvalue weighted by Gasteiger charge is 2.28. The summed E-state index contributed by atoms with van der Waals surface area (Å²) in [4.78, 5) is 19.3. The third-order valence-corrected chi connectivity index (χ3v) is 6.04. The van der Waals surface area contributed by atoms with Gasteiger partial charge in [0.1, 0.15) is 21.7 Å². The molecule has 158 valence electrons. The molecule has 1 amide bonds. The Morgan fingerprint density at radius 2 is 1.97 bits per heavy atom. The van der Waals surface area contributed by atoms with Gasteiger partial charge >= 0.3 is 0 Å². The summed E-state index contributed by atoms with van der Waals surface area (Å²) in [5, 5.41) is 0.401. The van der Waals surface area contributed by atoms with Crippen molar-refractivity contribution in [2.24, 2.45) is 0 Å². The quantitative estimate of drug-likeness (QED) is 0.575. The minimum absolute atomic E-state index is 0.0325. The van der Waals surface area contributed by atoms with Gasteiger partial charge in [-0.05, 0) is 43.2 Å². The van der Waals surface area contributed by atoms with Crippen LogP contribution in [-0.2, 0) is 4.74 Å². The minimum Gasteiger partial charge on any atom is -0.495 e. The van der Waals surface area contributed by atoms with Gasteiger partial charge in [0.25, 0.3) is 5.91 Å². The van der Waals surface area contributed by atoms with E-state index in [9.17, 15) is 13.6 Å². The van der Waals surface area contributed by atoms with Gasteiger partial charge in [-0.15, -0.1) is 0 Å². The molecule has 0 spiro atoms. The first-order valence-corrected chi connectivity index (χ1v) is 10.2. The number of carbonyl (C=O) groups excluding carboxylic acids is 1. The maximum Gasteiger partial charge on any atom is 0.260 e. The number of hydrogen-bond donors (Lipinski definition) is 0. The van der Waals surface area contributed by atoms with E-state index in [0.717, 1.165) is 29.7 Å². The molecule has 9 heteroatoms. The molecule has 1 aliphatic heterocycles. The summed E-state index contributed by atoms with van der Waals surface area (Å²) < 4.78 is 44.4. The van der Waals surface area contributed by atoms with E-state index in [1.807, 2.05) is 0 Å². The number of methoxy groups -OCH3 is 2. The molecule has 30 heavy (non-hydrogen) atoms. The molecule has 6 nitrogen and oxygen atoms in total. The van der Waals surface area contributed by atoms with E-state index >= 15 is 0 Å². The zero-order valence-electron chi connectivity index (χ0n) is 16.5. The number of benzene rings is 2. The van der Waals surface area contributed by atoms with Gasteiger partial charge in [0.15, 0.2) is 16.8 Å². The van der Waals surface area contributed by atoms with Crippen molar-refractivity contribution in [3.05, 3.63) is 47.5 Å². The molecule has 0 saturated carbocycles. The van der Waals surface area contributed by atoms with E-state index in [-0.39, 0.29) is 18.2 Å². The molecule has 1 aliphatic rings. The molecule has 0 radical (unpaired) electrons. The van der Waals surface area contributed by atoms with Crippen molar-refractivity contribution in [2.45, 2.75) is 18.9 Å². The molecular weight excluding hydrogens is 414 g/mol. The molecule has 2 aromatic carbocycles. The summed E-state index contributed by atoms with van der Waals surface area (Å²) >= 11 is 1.27. The molecule has 1 saturated heterocycles. The van der Waals surface area contributed by atoms with Gasteiger partial charge in [-0.1, -0.05) is 11.3 Å². The summed E-state index contributed by atoms with van der Waals surface area (Å²) in [7, 11) is 3.09. The summed E-state index contributed by atoms with van der Waals surface area (Å²) in [6.45, 7) is 0.877. The number of thiazole rings is 1. The van der Waals surface area contributed by atoms with Gasteiger partial charge in [0, 0.05) is 12.2 Å². The van der Waals surface area contributed by atoms with Crippen LogP contribution in [-0.4, -0.2) is 44.4 Å². The standard InChI is InChI=1S/C21H20F2N2O4S/c1-27-16-7-8-17(28-2)19-18(16)24-21(30-19)25(11-13-4-3-9-29-13)20(26)12-5-6-14(22)15(23)10-12/h5-8,10,13H,3-4,9,11H2,1-2H3. The van der Waals surface area contributed by atoms with Crippen LogP contribution in [0.3, 0.4) is 0 Å². The Kier molecular flexibility index (Phi) is 5.83. The second kappa shape index (κ2) is 8.53. The lowest BCUT2D eigenvalue weighted by Crippen LogP contribution is -2.37. The number of ether oxygens (including phenoxy) is 3. The molecule has 4 rings (SSSR count). The molecule has 1 fully saturated rings. The number of nitrogens with zero attached hydrogens (tertiary/aromatic N) is 2. The Hall–Kier alpha value is -2.78. The highest BCUT2D eigenvalue weighted by Crippen LogP contribution is 2.40. The first-order valence-electron chi connectivity index (χ1n) is 9.42. The first-order chi connectivity index (χ1) is 14.5. The van der Waals surface area contributed by atoms with Gasteiger partial charge in [0.2, 0.25) is 0 Å². The molecule has 1 unspecified atom stereocenters. The van der Waals surface area contributed by atoms with Crippen LogP contribution in [0.25, 0.3) is 10.2 Å². The van der Waals surface area contributed by atoms with Crippen molar-refractivity contribution in [3.8, 4) is 11.5 Å². The van der Waals surface area contributed by atoms with Gasteiger partial charge in [-0.2, -0.15) is 0 Å². The largest absolute Gasteiger partial charge is 0.495 e. The lowest BCUT2D eigenvalue weighted by atomic mass is 10.1. The number of hydrogen-bond acceptors (Lipinski definition) is 6. The topological polar surface area (TPSA) is 60.9 Å². The zero-order chi connectivity index (χ0) is 21.3. The molecule has 0 N–H and O–H groups in total. The third kappa shape index (κ3) is 3.82. The Labute approximate surface area is 176 Å². The highest BCUT2D eigenvalue weighted by atomic mass is 32.1. The maximum absolute atomic E-state index is 13.8. The van der Waals surface area contributed by atoms with Crippen molar-refractivity contribution in [2.75, 3.05) is 32.3 Å². The third-order valence-electron chi connectivity index (χ3n) is 4.95. The van der Waals surface area contributed by atoms with E-state index < -0.39 is 17.5 Å². The Morgan fingerprint density at radius 3 is 2.63 bits per heavy atom. The smallest absolute Gasteiger partial charge is 0.260 e. The van der Waals surface area contributed by atoms with E-state index in [1.165, 1.54) is 29.4 Å². The Balaban J connectivity index is 1.79. The van der Waals surface area contributed by atoms with Crippen LogP contribution in [0.5, 0.6) is 11.5 Å². The second-order valence-corrected chi connectivity index (χ2v) is 7.80. The van der Waals surface area contributed by atoms with E-state index in [4.69, 9.17) is 14.2 Å². The van der Waals surface area contributed by atoms with Crippen LogP contribution >= 0.6 is 11.3 Å². The highest BCUT2D eigenvalue weighted by molar-refractivity contribution is 7.22. The van der Waals surface area contributed by atoms with E-state index in [2.05, 4.69) is 4.98 Å². The molecule has 3 aromatic rings. The Bertz CT molecular complexity index is 1040. The van der Waals surface area contributed by atoms with Gasteiger partial charge in [0.05, 0.1) is 26.9 Å². The van der Waals surface area contributed by atoms with Crippen LogP contribution in [0.4, 0.5) is 13.9 Å². The minimum atomic E-state index is -1.08. The number of anilines is 1. The average Bonchev–Trinajstić information content (AvgIpc) is 3.42. The van der Waals surface area contributed by atoms with Crippen LogP contribution in [0.1, 0.15) is 23.2 Å². The number of halogens is 2. The van der Waals surface area contributed by atoms with Gasteiger partial charge in [-0.25, -0.2) is 13.8 Å². The van der Waals surface area contributed by atoms with E-state index in [1.54, 1.807) is 19.2 Å². The summed E-state index contributed by atoms with van der Waals surface area (Å²) in [5.41, 5.74) is 0.595. The molecule has 0 bridgehead atoms. The fourth-order valence-electron chi connectivity index (χ4n) is 3.41. The monoisotopic (exact) mass is 434 g/mol. The fourth-order valence-corrected chi connectivity index (χ4v) is 4.50. The predicted octanol–water partition coefficient (Wildman–Crippen LogP) is 4.42. The van der Waals surface area contributed by atoms with Gasteiger partial charge in [-0.3, -0.25) is 9.69 Å². The van der Waals surface area contributed by atoms with Crippen molar-refractivity contribution < 1.29 is 27.8 Å². The molecule has 1 atom stereocenters. The molecule has 2 heterocycles. The number of carbonyl (C=O) groups is 1. The van der Waals surface area contributed by atoms with Crippen molar-refractivity contribution in [1.29, 1.82) is 0 Å². The van der Waals surface area contributed by atoms with Crippen LogP contribution < -0.4 is 14.4 Å². The lowest BCUT2D eigenvalue weighted by molar-refractivity contribution is 0.0917. The maximum atomic E-state index is 13.8.